The van der Waals surface area contributed by atoms with Gasteiger partial charge in [-0.2, -0.15) is 0 Å². The number of ether oxygens (including phenoxy) is 1. The Hall–Kier alpha value is -1.59. The van der Waals surface area contributed by atoms with Crippen molar-refractivity contribution in [2.24, 2.45) is 11.3 Å². The van der Waals surface area contributed by atoms with Crippen LogP contribution >= 0.6 is 0 Å². The Morgan fingerprint density at radius 1 is 1.39 bits per heavy atom. The molecule has 1 atom stereocenters. The fourth-order valence-electron chi connectivity index (χ4n) is 4.13. The topological polar surface area (TPSA) is 53.0 Å². The van der Waals surface area contributed by atoms with E-state index in [1.807, 2.05) is 18.2 Å². The minimum absolute atomic E-state index is 0.0583. The first-order valence-electron chi connectivity index (χ1n) is 8.29. The number of carboxylic acids is 1. The third-order valence-corrected chi connectivity index (χ3v) is 5.54. The molecule has 0 amide bonds. The highest BCUT2D eigenvalue weighted by molar-refractivity contribution is 5.72. The second kappa shape index (κ2) is 6.49. The zero-order chi connectivity index (χ0) is 16.4. The second-order valence-electron chi connectivity index (χ2n) is 7.08. The number of carbonyl (C=O) groups is 1. The van der Waals surface area contributed by atoms with E-state index >= 15 is 0 Å². The Morgan fingerprint density at radius 2 is 2.13 bits per heavy atom. The minimum Gasteiger partial charge on any atom is -0.497 e. The lowest BCUT2D eigenvalue weighted by molar-refractivity contribution is -0.145. The number of benzene rings is 1. The van der Waals surface area contributed by atoms with Crippen LogP contribution in [0.4, 0.5) is 0 Å². The van der Waals surface area contributed by atoms with Crippen LogP contribution in [-0.2, 0) is 11.3 Å². The highest BCUT2D eigenvalue weighted by Gasteiger charge is 2.50. The molecule has 2 aliphatic rings. The van der Waals surface area contributed by atoms with Gasteiger partial charge in [0.25, 0.3) is 0 Å². The van der Waals surface area contributed by atoms with Crippen LogP contribution in [0, 0.1) is 11.3 Å². The molecule has 5 heteroatoms. The molecule has 5 nitrogen and oxygen atoms in total. The van der Waals surface area contributed by atoms with Crippen LogP contribution in [0.1, 0.15) is 18.4 Å². The lowest BCUT2D eigenvalue weighted by Gasteiger charge is -2.40. The van der Waals surface area contributed by atoms with E-state index in [9.17, 15) is 9.90 Å². The summed E-state index contributed by atoms with van der Waals surface area (Å²) in [5.74, 6) is -0.0324. The maximum Gasteiger partial charge on any atom is 0.308 e. The largest absolute Gasteiger partial charge is 0.497 e. The summed E-state index contributed by atoms with van der Waals surface area (Å²) >= 11 is 0. The number of likely N-dealkylation sites (tertiary alicyclic amines) is 2. The van der Waals surface area contributed by atoms with E-state index in [2.05, 4.69) is 22.9 Å². The monoisotopic (exact) mass is 318 g/mol. The molecular weight excluding hydrogens is 292 g/mol. The van der Waals surface area contributed by atoms with Crippen molar-refractivity contribution in [2.75, 3.05) is 40.3 Å². The molecule has 23 heavy (non-hydrogen) atoms. The van der Waals surface area contributed by atoms with Gasteiger partial charge in [-0.25, -0.2) is 0 Å². The van der Waals surface area contributed by atoms with Crippen LogP contribution in [0.15, 0.2) is 24.3 Å². The van der Waals surface area contributed by atoms with Crippen LogP contribution in [-0.4, -0.2) is 61.2 Å². The molecule has 1 unspecified atom stereocenters. The normalized spacial score (nSPS) is 24.9. The van der Waals surface area contributed by atoms with Crippen LogP contribution in [0.25, 0.3) is 0 Å². The van der Waals surface area contributed by atoms with Gasteiger partial charge in [-0.3, -0.25) is 9.69 Å². The molecule has 0 saturated carbocycles. The summed E-state index contributed by atoms with van der Waals surface area (Å²) in [6, 6.07) is 8.05. The molecule has 0 aromatic heterocycles. The summed E-state index contributed by atoms with van der Waals surface area (Å²) in [5.41, 5.74) is 1.12. The Kier molecular flexibility index (Phi) is 4.60. The molecule has 1 aromatic carbocycles. The lowest BCUT2D eigenvalue weighted by Crippen LogP contribution is -2.44. The number of piperidine rings is 1. The number of carboxylic acid groups (broad SMARTS) is 1. The first-order valence-corrected chi connectivity index (χ1v) is 8.29. The standard InChI is InChI=1S/C18H26N2O3/c1-19-8-6-18(7-9-19)13-20(12-16(18)17(21)22)11-14-4-3-5-15(10-14)23-2/h3-5,10,16H,6-9,11-13H2,1-2H3,(H,21,22). The minimum atomic E-state index is -0.636. The van der Waals surface area contributed by atoms with E-state index in [0.29, 0.717) is 6.54 Å². The van der Waals surface area contributed by atoms with Crippen LogP contribution < -0.4 is 4.74 Å². The van der Waals surface area contributed by atoms with E-state index in [4.69, 9.17) is 4.74 Å². The molecule has 0 aliphatic carbocycles. The first kappa shape index (κ1) is 16.3. The summed E-state index contributed by atoms with van der Waals surface area (Å²) in [6.45, 7) is 4.32. The quantitative estimate of drug-likeness (QED) is 0.919. The summed E-state index contributed by atoms with van der Waals surface area (Å²) in [7, 11) is 3.79. The molecule has 0 bridgehead atoms. The number of nitrogens with zero attached hydrogens (tertiary/aromatic N) is 2. The summed E-state index contributed by atoms with van der Waals surface area (Å²) in [6.07, 6.45) is 1.96. The van der Waals surface area contributed by atoms with Crippen LogP contribution in [0.5, 0.6) is 5.75 Å². The maximum absolute atomic E-state index is 11.8. The molecule has 3 rings (SSSR count). The van der Waals surface area contributed by atoms with Crippen molar-refractivity contribution < 1.29 is 14.6 Å². The summed E-state index contributed by atoms with van der Waals surface area (Å²) < 4.78 is 5.28. The second-order valence-corrected chi connectivity index (χ2v) is 7.08. The summed E-state index contributed by atoms with van der Waals surface area (Å²) in [5, 5.41) is 9.70. The van der Waals surface area contributed by atoms with E-state index in [1.165, 1.54) is 5.56 Å². The smallest absolute Gasteiger partial charge is 0.308 e. The highest BCUT2D eigenvalue weighted by Crippen LogP contribution is 2.45. The van der Waals surface area contributed by atoms with E-state index in [-0.39, 0.29) is 11.3 Å². The number of rotatable bonds is 4. The first-order chi connectivity index (χ1) is 11.0. The number of hydrogen-bond donors (Lipinski definition) is 1. The molecule has 1 aromatic rings. The Bertz CT molecular complexity index is 567. The van der Waals surface area contributed by atoms with Crippen molar-refractivity contribution in [3.63, 3.8) is 0 Å². The number of methoxy groups -OCH3 is 1. The Labute approximate surface area is 137 Å². The van der Waals surface area contributed by atoms with Gasteiger partial charge in [0.1, 0.15) is 5.75 Å². The fraction of sp³-hybridized carbons (Fsp3) is 0.611. The zero-order valence-corrected chi connectivity index (χ0v) is 14.0. The van der Waals surface area contributed by atoms with Gasteiger partial charge in [-0.15, -0.1) is 0 Å². The van der Waals surface area contributed by atoms with Gasteiger partial charge in [-0.1, -0.05) is 12.1 Å². The van der Waals surface area contributed by atoms with Crippen molar-refractivity contribution >= 4 is 5.97 Å². The Morgan fingerprint density at radius 3 is 2.78 bits per heavy atom. The third-order valence-electron chi connectivity index (χ3n) is 5.54. The molecule has 2 fully saturated rings. The SMILES string of the molecule is COc1cccc(CN2CC(C(=O)O)C3(CCN(C)CC3)C2)c1. The molecule has 1 spiro atoms. The van der Waals surface area contributed by atoms with Gasteiger partial charge >= 0.3 is 5.97 Å². The predicted octanol–water partition coefficient (Wildman–Crippen LogP) is 1.92. The van der Waals surface area contributed by atoms with Crippen molar-refractivity contribution in [2.45, 2.75) is 19.4 Å². The van der Waals surface area contributed by atoms with Crippen molar-refractivity contribution in [1.82, 2.24) is 9.80 Å². The van der Waals surface area contributed by atoms with Gasteiger partial charge in [0.2, 0.25) is 0 Å². The molecule has 126 valence electrons. The van der Waals surface area contributed by atoms with Gasteiger partial charge in [0.15, 0.2) is 0 Å². The van der Waals surface area contributed by atoms with Crippen molar-refractivity contribution in [1.29, 1.82) is 0 Å². The molecule has 2 aliphatic heterocycles. The number of aliphatic carboxylic acids is 1. The van der Waals surface area contributed by atoms with Crippen molar-refractivity contribution in [3.05, 3.63) is 29.8 Å². The van der Waals surface area contributed by atoms with E-state index in [1.54, 1.807) is 7.11 Å². The van der Waals surface area contributed by atoms with E-state index < -0.39 is 5.97 Å². The maximum atomic E-state index is 11.8. The molecule has 2 heterocycles. The lowest BCUT2D eigenvalue weighted by atomic mass is 9.71. The molecule has 1 N–H and O–H groups in total. The predicted molar refractivity (Wildman–Crippen MR) is 88.6 cm³/mol. The van der Waals surface area contributed by atoms with Crippen molar-refractivity contribution in [3.8, 4) is 5.75 Å². The summed E-state index contributed by atoms with van der Waals surface area (Å²) in [4.78, 5) is 16.4. The zero-order valence-electron chi connectivity index (χ0n) is 14.0. The third kappa shape index (κ3) is 3.35. The molecule has 2 saturated heterocycles. The van der Waals surface area contributed by atoms with Gasteiger partial charge in [0, 0.05) is 25.0 Å². The average Bonchev–Trinajstić information content (AvgIpc) is 2.89. The van der Waals surface area contributed by atoms with Crippen LogP contribution in [0.2, 0.25) is 0 Å². The van der Waals surface area contributed by atoms with Crippen LogP contribution in [0.3, 0.4) is 0 Å². The van der Waals surface area contributed by atoms with Gasteiger partial charge in [-0.05, 0) is 50.7 Å². The average molecular weight is 318 g/mol. The van der Waals surface area contributed by atoms with Gasteiger partial charge < -0.3 is 14.7 Å². The highest BCUT2D eigenvalue weighted by atomic mass is 16.5. The van der Waals surface area contributed by atoms with E-state index in [0.717, 1.165) is 44.8 Å². The Balaban J connectivity index is 1.73. The molecular formula is C18H26N2O3. The van der Waals surface area contributed by atoms with Gasteiger partial charge in [0.05, 0.1) is 13.0 Å². The fourth-order valence-corrected chi connectivity index (χ4v) is 4.13. The molecule has 0 radical (unpaired) electrons. The number of hydrogen-bond acceptors (Lipinski definition) is 4.